The number of hydrogen-bond acceptors (Lipinski definition) is 4. The molecule has 0 spiro atoms. The topological polar surface area (TPSA) is 65.2 Å². The Morgan fingerprint density at radius 1 is 1.53 bits per heavy atom. The maximum Gasteiger partial charge on any atom is 0.339 e. The predicted octanol–water partition coefficient (Wildman–Crippen LogP) is 1.18. The summed E-state index contributed by atoms with van der Waals surface area (Å²) in [5, 5.41) is 0. The van der Waals surface area contributed by atoms with Gasteiger partial charge in [-0.25, -0.2) is 4.79 Å². The van der Waals surface area contributed by atoms with Crippen molar-refractivity contribution in [2.24, 2.45) is 5.73 Å². The number of aryl methyl sites for hydroxylation is 1. The van der Waals surface area contributed by atoms with Gasteiger partial charge in [0, 0.05) is 12.4 Å². The van der Waals surface area contributed by atoms with Gasteiger partial charge in [0.1, 0.15) is 0 Å². The van der Waals surface area contributed by atoms with E-state index in [4.69, 9.17) is 5.73 Å². The molecule has 0 radical (unpaired) electrons. The fourth-order valence-electron chi connectivity index (χ4n) is 1.16. The van der Waals surface area contributed by atoms with Gasteiger partial charge in [-0.05, 0) is 31.0 Å². The number of methoxy groups -OCH3 is 1. The third-order valence-electron chi connectivity index (χ3n) is 1.89. The lowest BCUT2D eigenvalue weighted by Gasteiger charge is -2.02. The van der Waals surface area contributed by atoms with Gasteiger partial charge in [0.2, 0.25) is 0 Å². The van der Waals surface area contributed by atoms with Crippen LogP contribution < -0.4 is 5.73 Å². The van der Waals surface area contributed by atoms with Crippen LogP contribution in [-0.2, 0) is 11.2 Å². The highest BCUT2D eigenvalue weighted by molar-refractivity contribution is 5.89. The van der Waals surface area contributed by atoms with Crippen LogP contribution in [0.2, 0.25) is 0 Å². The lowest BCUT2D eigenvalue weighted by atomic mass is 10.1. The molecule has 1 aromatic rings. The second kappa shape index (κ2) is 7.20. The highest BCUT2D eigenvalue weighted by Gasteiger charge is 2.05. The summed E-state index contributed by atoms with van der Waals surface area (Å²) in [5.41, 5.74) is 6.89. The van der Waals surface area contributed by atoms with E-state index in [0.717, 1.165) is 18.4 Å². The lowest BCUT2D eigenvalue weighted by molar-refractivity contribution is 0.0600. The average Bonchev–Trinajstić information content (AvgIpc) is 2.25. The van der Waals surface area contributed by atoms with Gasteiger partial charge >= 0.3 is 5.97 Å². The first kappa shape index (κ1) is 13.9. The molecule has 0 aliphatic heterocycles. The van der Waals surface area contributed by atoms with E-state index in [9.17, 15) is 4.79 Å². The molecule has 0 saturated heterocycles. The largest absolute Gasteiger partial charge is 0.465 e. The number of aromatic nitrogens is 1. The van der Waals surface area contributed by atoms with Crippen molar-refractivity contribution in [3.63, 3.8) is 0 Å². The fraction of sp³-hybridized carbons (Fsp3) is 0.400. The number of carbonyl (C=O) groups is 1. The van der Waals surface area contributed by atoms with Gasteiger partial charge in [-0.1, -0.05) is 0 Å². The zero-order valence-corrected chi connectivity index (χ0v) is 9.42. The number of nitrogens with two attached hydrogens (primary N) is 1. The summed E-state index contributed by atoms with van der Waals surface area (Å²) in [5.74, 6) is -0.355. The van der Waals surface area contributed by atoms with E-state index in [1.54, 1.807) is 12.3 Å². The van der Waals surface area contributed by atoms with Gasteiger partial charge in [0.05, 0.1) is 12.7 Å². The van der Waals surface area contributed by atoms with E-state index in [-0.39, 0.29) is 18.4 Å². The van der Waals surface area contributed by atoms with Crippen molar-refractivity contribution >= 4 is 18.4 Å². The maximum absolute atomic E-state index is 11.2. The Kier molecular flexibility index (Phi) is 6.66. The number of nitrogens with zero attached hydrogens (tertiary/aromatic N) is 1. The van der Waals surface area contributed by atoms with Crippen LogP contribution in [0.15, 0.2) is 18.5 Å². The first-order chi connectivity index (χ1) is 6.77. The Morgan fingerprint density at radius 2 is 2.27 bits per heavy atom. The summed E-state index contributed by atoms with van der Waals surface area (Å²) < 4.78 is 4.59. The van der Waals surface area contributed by atoms with E-state index >= 15 is 0 Å². The monoisotopic (exact) mass is 230 g/mol. The van der Waals surface area contributed by atoms with Crippen molar-refractivity contribution in [3.05, 3.63) is 29.6 Å². The van der Waals surface area contributed by atoms with E-state index in [2.05, 4.69) is 9.72 Å². The molecule has 5 heteroatoms. The summed E-state index contributed by atoms with van der Waals surface area (Å²) in [6, 6.07) is 1.79. The minimum absolute atomic E-state index is 0. The Balaban J connectivity index is 0.00000196. The van der Waals surface area contributed by atoms with Crippen LogP contribution in [0.25, 0.3) is 0 Å². The Bertz CT molecular complexity index is 318. The summed E-state index contributed by atoms with van der Waals surface area (Å²) in [6.45, 7) is 0.641. The normalized spacial score (nSPS) is 9.20. The molecule has 0 saturated carbocycles. The average molecular weight is 231 g/mol. The molecule has 0 bridgehead atoms. The van der Waals surface area contributed by atoms with Crippen LogP contribution in [0.3, 0.4) is 0 Å². The quantitative estimate of drug-likeness (QED) is 0.789. The number of pyridine rings is 1. The molecule has 0 aliphatic rings. The number of halogens is 1. The molecule has 0 atom stereocenters. The fourth-order valence-corrected chi connectivity index (χ4v) is 1.16. The molecule has 4 nitrogen and oxygen atoms in total. The molecule has 15 heavy (non-hydrogen) atoms. The summed E-state index contributed by atoms with van der Waals surface area (Å²) in [6.07, 6.45) is 4.97. The van der Waals surface area contributed by atoms with Crippen molar-refractivity contribution in [1.82, 2.24) is 4.98 Å². The molecule has 0 fully saturated rings. The van der Waals surface area contributed by atoms with E-state index in [0.29, 0.717) is 12.1 Å². The van der Waals surface area contributed by atoms with Gasteiger partial charge in [0.25, 0.3) is 0 Å². The zero-order chi connectivity index (χ0) is 10.4. The van der Waals surface area contributed by atoms with Crippen LogP contribution in [0, 0.1) is 0 Å². The van der Waals surface area contributed by atoms with E-state index < -0.39 is 0 Å². The SMILES string of the molecule is COC(=O)c1cncc(CCCN)c1.Cl. The maximum atomic E-state index is 11.2. The molecular formula is C10H15ClN2O2. The van der Waals surface area contributed by atoms with Crippen LogP contribution in [0.5, 0.6) is 0 Å². The third kappa shape index (κ3) is 4.27. The first-order valence-corrected chi connectivity index (χ1v) is 4.50. The summed E-state index contributed by atoms with van der Waals surface area (Å²) >= 11 is 0. The lowest BCUT2D eigenvalue weighted by Crippen LogP contribution is -2.04. The Morgan fingerprint density at radius 3 is 2.87 bits per heavy atom. The Labute approximate surface area is 95.2 Å². The van der Waals surface area contributed by atoms with Crippen molar-refractivity contribution in [3.8, 4) is 0 Å². The zero-order valence-electron chi connectivity index (χ0n) is 8.60. The number of hydrogen-bond donors (Lipinski definition) is 1. The summed E-state index contributed by atoms with van der Waals surface area (Å²) in [4.78, 5) is 15.1. The highest BCUT2D eigenvalue weighted by atomic mass is 35.5. The molecular weight excluding hydrogens is 216 g/mol. The van der Waals surface area contributed by atoms with Gasteiger partial charge in [0.15, 0.2) is 0 Å². The molecule has 2 N–H and O–H groups in total. The molecule has 0 aliphatic carbocycles. The van der Waals surface area contributed by atoms with Crippen molar-refractivity contribution in [1.29, 1.82) is 0 Å². The standard InChI is InChI=1S/C10H14N2O2.ClH/c1-14-10(13)9-5-8(3-2-4-11)6-12-7-9;/h5-7H,2-4,11H2,1H3;1H. The van der Waals surface area contributed by atoms with Crippen molar-refractivity contribution < 1.29 is 9.53 Å². The number of carbonyl (C=O) groups excluding carboxylic acids is 1. The van der Waals surface area contributed by atoms with Crippen LogP contribution in [0.4, 0.5) is 0 Å². The van der Waals surface area contributed by atoms with Gasteiger partial charge in [-0.2, -0.15) is 0 Å². The Hall–Kier alpha value is -1.13. The third-order valence-corrected chi connectivity index (χ3v) is 1.89. The molecule has 84 valence electrons. The first-order valence-electron chi connectivity index (χ1n) is 4.50. The molecule has 0 aromatic carbocycles. The van der Waals surface area contributed by atoms with Crippen molar-refractivity contribution in [2.75, 3.05) is 13.7 Å². The molecule has 0 amide bonds. The van der Waals surface area contributed by atoms with Gasteiger partial charge < -0.3 is 10.5 Å². The van der Waals surface area contributed by atoms with Crippen LogP contribution >= 0.6 is 12.4 Å². The number of esters is 1. The predicted molar refractivity (Wildman–Crippen MR) is 60.2 cm³/mol. The van der Waals surface area contributed by atoms with Gasteiger partial charge in [-0.3, -0.25) is 4.98 Å². The molecule has 1 heterocycles. The smallest absolute Gasteiger partial charge is 0.339 e. The minimum Gasteiger partial charge on any atom is -0.465 e. The van der Waals surface area contributed by atoms with Crippen LogP contribution in [-0.4, -0.2) is 24.6 Å². The number of ether oxygens (including phenoxy) is 1. The van der Waals surface area contributed by atoms with Gasteiger partial charge in [-0.15, -0.1) is 12.4 Å². The second-order valence-electron chi connectivity index (χ2n) is 2.97. The second-order valence-corrected chi connectivity index (χ2v) is 2.97. The molecule has 0 unspecified atom stereocenters. The van der Waals surface area contributed by atoms with E-state index in [1.807, 2.05) is 0 Å². The highest BCUT2D eigenvalue weighted by Crippen LogP contribution is 2.06. The number of rotatable bonds is 4. The van der Waals surface area contributed by atoms with Crippen LogP contribution in [0.1, 0.15) is 22.3 Å². The van der Waals surface area contributed by atoms with E-state index in [1.165, 1.54) is 13.3 Å². The van der Waals surface area contributed by atoms with Crippen molar-refractivity contribution in [2.45, 2.75) is 12.8 Å². The molecule has 1 aromatic heterocycles. The molecule has 1 rings (SSSR count). The minimum atomic E-state index is -0.355. The summed E-state index contributed by atoms with van der Waals surface area (Å²) in [7, 11) is 1.36.